The van der Waals surface area contributed by atoms with Crippen LogP contribution in [0.2, 0.25) is 0 Å². The predicted octanol–water partition coefficient (Wildman–Crippen LogP) is 5.58. The maximum Gasteiger partial charge on any atom is 0.152 e. The summed E-state index contributed by atoms with van der Waals surface area (Å²) in [5.41, 5.74) is 5.04. The van der Waals surface area contributed by atoms with E-state index in [1.54, 1.807) is 0 Å². The zero-order valence-corrected chi connectivity index (χ0v) is 17.8. The molecular weight excluding hydrogens is 352 g/mol. The molecule has 0 aromatic carbocycles. The van der Waals surface area contributed by atoms with Gasteiger partial charge < -0.3 is 15.7 Å². The first-order chi connectivity index (χ1) is 13.7. The summed E-state index contributed by atoms with van der Waals surface area (Å²) in [7, 11) is 0. The maximum absolute atomic E-state index is 12.2. The van der Waals surface area contributed by atoms with E-state index in [0.29, 0.717) is 6.42 Å². The normalized spacial score (nSPS) is 19.6. The number of amidine groups is 1. The van der Waals surface area contributed by atoms with Crippen LogP contribution < -0.4 is 5.73 Å². The van der Waals surface area contributed by atoms with Crippen LogP contribution in [0.25, 0.3) is 0 Å². The average Bonchev–Trinajstić information content (AvgIpc) is 3.53. The first-order valence-corrected chi connectivity index (χ1v) is 11.8. The molecule has 0 aliphatic heterocycles. The molecule has 0 aromatic heterocycles. The lowest BCUT2D eigenvalue weighted by Gasteiger charge is -2.21. The molecule has 0 heterocycles. The lowest BCUT2D eigenvalue weighted by Crippen LogP contribution is -2.32. The van der Waals surface area contributed by atoms with Gasteiger partial charge in [0.15, 0.2) is 5.84 Å². The van der Waals surface area contributed by atoms with Crippen LogP contribution in [0.5, 0.6) is 0 Å². The first-order valence-electron chi connectivity index (χ1n) is 11.8. The fraction of sp³-hybridized carbons (Fsp3) is 0.913. The van der Waals surface area contributed by atoms with Crippen LogP contribution in [0.4, 0.5) is 0 Å². The summed E-state index contributed by atoms with van der Waals surface area (Å²) in [4.78, 5) is 12.2. The third-order valence-corrected chi connectivity index (χ3v) is 6.65. The van der Waals surface area contributed by atoms with Crippen molar-refractivity contribution in [3.63, 3.8) is 0 Å². The summed E-state index contributed by atoms with van der Waals surface area (Å²) in [5, 5.41) is 11.8. The molecule has 2 aliphatic carbocycles. The minimum absolute atomic E-state index is 0.108. The fourth-order valence-electron chi connectivity index (χ4n) is 4.47. The number of unbranched alkanes of at least 4 members (excludes halogenated alkanes) is 8. The third kappa shape index (κ3) is 8.10. The largest absolute Gasteiger partial charge is 0.409 e. The van der Waals surface area contributed by atoms with Crippen LogP contribution in [0.1, 0.15) is 109 Å². The van der Waals surface area contributed by atoms with Gasteiger partial charge >= 0.3 is 0 Å². The van der Waals surface area contributed by atoms with Gasteiger partial charge in [0.1, 0.15) is 5.78 Å². The molecule has 3 N–H and O–H groups in total. The van der Waals surface area contributed by atoms with Crippen molar-refractivity contribution in [2.45, 2.75) is 109 Å². The molecule has 5 heteroatoms. The summed E-state index contributed by atoms with van der Waals surface area (Å²) >= 11 is 0. The van der Waals surface area contributed by atoms with Gasteiger partial charge in [0.2, 0.25) is 0 Å². The van der Waals surface area contributed by atoms with Crippen molar-refractivity contribution in [1.82, 2.24) is 0 Å². The Labute approximate surface area is 171 Å². The highest BCUT2D eigenvalue weighted by atomic mass is 16.5. The molecule has 0 radical (unpaired) electrons. The quantitative estimate of drug-likeness (QED) is 0.118. The number of carbonyl (C=O) groups excluding carboxylic acids is 1. The van der Waals surface area contributed by atoms with Crippen molar-refractivity contribution in [1.29, 1.82) is 0 Å². The molecule has 0 atom stereocenters. The molecule has 0 saturated heterocycles. The van der Waals surface area contributed by atoms with E-state index in [-0.39, 0.29) is 11.6 Å². The molecule has 162 valence electrons. The van der Waals surface area contributed by atoms with Crippen molar-refractivity contribution in [2.24, 2.45) is 22.2 Å². The molecular formula is C23H42N2O3. The Kier molecular flexibility index (Phi) is 10.9. The zero-order chi connectivity index (χ0) is 20.1. The Bertz CT molecular complexity index is 468. The van der Waals surface area contributed by atoms with Gasteiger partial charge in [-0.3, -0.25) is 4.79 Å². The van der Waals surface area contributed by atoms with Crippen LogP contribution in [0, 0.1) is 11.3 Å². The predicted molar refractivity (Wildman–Crippen MR) is 114 cm³/mol. The lowest BCUT2D eigenvalue weighted by atomic mass is 9.90. The topological polar surface area (TPSA) is 84.9 Å². The summed E-state index contributed by atoms with van der Waals surface area (Å²) < 4.78 is 5.86. The number of nitrogens with two attached hydrogens (primary N) is 1. The molecule has 5 nitrogen and oxygen atoms in total. The number of hydrogen-bond donors (Lipinski definition) is 2. The number of rotatable bonds is 16. The van der Waals surface area contributed by atoms with Crippen molar-refractivity contribution < 1.29 is 14.7 Å². The monoisotopic (exact) mass is 394 g/mol. The second-order valence-electron chi connectivity index (χ2n) is 9.00. The summed E-state index contributed by atoms with van der Waals surface area (Å²) in [6, 6.07) is 0. The van der Waals surface area contributed by atoms with E-state index in [2.05, 4.69) is 5.16 Å². The highest BCUT2D eigenvalue weighted by Gasteiger charge is 2.52. The van der Waals surface area contributed by atoms with Gasteiger partial charge in [0, 0.05) is 19.6 Å². The summed E-state index contributed by atoms with van der Waals surface area (Å²) in [6.07, 6.45) is 19.9. The number of carbonyl (C=O) groups is 1. The Morgan fingerprint density at radius 1 is 0.929 bits per heavy atom. The van der Waals surface area contributed by atoms with Gasteiger partial charge in [-0.25, -0.2) is 0 Å². The Morgan fingerprint density at radius 2 is 1.50 bits per heavy atom. The van der Waals surface area contributed by atoms with Crippen LogP contribution in [-0.4, -0.2) is 30.0 Å². The smallest absolute Gasteiger partial charge is 0.152 e. The molecule has 0 aromatic rings. The summed E-state index contributed by atoms with van der Waals surface area (Å²) in [6.45, 7) is 1.93. The van der Waals surface area contributed by atoms with E-state index in [1.807, 2.05) is 0 Å². The maximum atomic E-state index is 12.2. The fourth-order valence-corrected chi connectivity index (χ4v) is 4.47. The lowest BCUT2D eigenvalue weighted by molar-refractivity contribution is -0.122. The minimum atomic E-state index is -0.616. The van der Waals surface area contributed by atoms with E-state index in [1.165, 1.54) is 77.0 Å². The van der Waals surface area contributed by atoms with Gasteiger partial charge in [-0.15, -0.1) is 0 Å². The van der Waals surface area contributed by atoms with E-state index in [0.717, 1.165) is 44.8 Å². The van der Waals surface area contributed by atoms with Gasteiger partial charge in [0.25, 0.3) is 0 Å². The number of nitrogens with zero attached hydrogens (tertiary/aromatic N) is 1. The van der Waals surface area contributed by atoms with E-state index in [9.17, 15) is 4.79 Å². The number of hydrogen-bond acceptors (Lipinski definition) is 4. The number of ketones is 1. The molecule has 0 unspecified atom stereocenters. The number of oxime groups is 1. The average molecular weight is 395 g/mol. The molecule has 0 amide bonds. The van der Waals surface area contributed by atoms with Crippen molar-refractivity contribution in [3.8, 4) is 0 Å². The molecule has 2 rings (SSSR count). The molecule has 2 saturated carbocycles. The third-order valence-electron chi connectivity index (χ3n) is 6.65. The van der Waals surface area contributed by atoms with E-state index in [4.69, 9.17) is 15.7 Å². The Hall–Kier alpha value is -1.10. The number of Topliss-reactive ketones (excluding diaryl/α,β-unsaturated/α-hetero) is 1. The van der Waals surface area contributed by atoms with Crippen LogP contribution >= 0.6 is 0 Å². The van der Waals surface area contributed by atoms with Crippen molar-refractivity contribution in [3.05, 3.63) is 0 Å². The summed E-state index contributed by atoms with van der Waals surface area (Å²) in [5.74, 6) is 1.10. The second-order valence-corrected chi connectivity index (χ2v) is 9.00. The first kappa shape index (κ1) is 23.2. The van der Waals surface area contributed by atoms with Gasteiger partial charge in [-0.1, -0.05) is 69.4 Å². The molecule has 0 bridgehead atoms. The molecule has 28 heavy (non-hydrogen) atoms. The number of ether oxygens (including phenoxy) is 1. The SMILES string of the molecule is N/C(=N\O)C1(C(=O)CCCCCCCCCCCOCC2CCCCC2)CC1. The molecule has 2 aliphatic rings. The van der Waals surface area contributed by atoms with Crippen LogP contribution in [-0.2, 0) is 9.53 Å². The van der Waals surface area contributed by atoms with Crippen LogP contribution in [0.3, 0.4) is 0 Å². The van der Waals surface area contributed by atoms with Crippen LogP contribution in [0.15, 0.2) is 5.16 Å². The van der Waals surface area contributed by atoms with E-state index >= 15 is 0 Å². The van der Waals surface area contributed by atoms with Gasteiger partial charge in [-0.05, 0) is 44.4 Å². The Balaban J connectivity index is 1.31. The standard InChI is InChI=1S/C23H42N2O3/c24-22(25-27)23(16-17-23)21(26)15-11-6-4-2-1-3-5-7-12-18-28-19-20-13-9-8-10-14-20/h20,27H,1-19H2,(H2,24,25). The minimum Gasteiger partial charge on any atom is -0.409 e. The van der Waals surface area contributed by atoms with Gasteiger partial charge in [0.05, 0.1) is 5.41 Å². The van der Waals surface area contributed by atoms with Crippen molar-refractivity contribution >= 4 is 11.6 Å². The molecule has 0 spiro atoms. The Morgan fingerprint density at radius 3 is 2.07 bits per heavy atom. The molecule has 2 fully saturated rings. The van der Waals surface area contributed by atoms with Crippen molar-refractivity contribution in [2.75, 3.05) is 13.2 Å². The van der Waals surface area contributed by atoms with E-state index < -0.39 is 5.41 Å². The highest BCUT2D eigenvalue weighted by molar-refractivity contribution is 6.10. The highest BCUT2D eigenvalue weighted by Crippen LogP contribution is 2.47. The second kappa shape index (κ2) is 13.2. The zero-order valence-electron chi connectivity index (χ0n) is 17.8. The van der Waals surface area contributed by atoms with Gasteiger partial charge in [-0.2, -0.15) is 0 Å².